The lowest BCUT2D eigenvalue weighted by molar-refractivity contribution is -0.144. The number of para-hydroxylation sites is 1. The summed E-state index contributed by atoms with van der Waals surface area (Å²) in [5.41, 5.74) is 0.580. The highest BCUT2D eigenvalue weighted by Gasteiger charge is 2.14. The third kappa shape index (κ3) is 3.59. The van der Waals surface area contributed by atoms with E-state index in [0.29, 0.717) is 17.1 Å². The largest absolute Gasteiger partial charge is 0.457 e. The highest BCUT2D eigenvalue weighted by atomic mass is 16.5. The lowest BCUT2D eigenvalue weighted by Crippen LogP contribution is -2.06. The Bertz CT molecular complexity index is 632. The molecular formula is C16H13NO3. The average molecular weight is 267 g/mol. The van der Waals surface area contributed by atoms with Gasteiger partial charge in [0.1, 0.15) is 17.6 Å². The number of nitriles is 1. The molecule has 4 heteroatoms. The van der Waals surface area contributed by atoms with Gasteiger partial charge in [0.15, 0.2) is 0 Å². The number of carbonyl (C=O) groups excluding carboxylic acids is 1. The molecule has 100 valence electrons. The van der Waals surface area contributed by atoms with E-state index < -0.39 is 12.1 Å². The number of hydrogen-bond acceptors (Lipinski definition) is 4. The topological polar surface area (TPSA) is 59.3 Å². The zero-order valence-corrected chi connectivity index (χ0v) is 10.9. The molecule has 0 heterocycles. The maximum Gasteiger partial charge on any atom is 0.304 e. The van der Waals surface area contributed by atoms with Crippen LogP contribution in [0.5, 0.6) is 11.5 Å². The van der Waals surface area contributed by atoms with Crippen molar-refractivity contribution < 1.29 is 14.3 Å². The third-order valence-electron chi connectivity index (χ3n) is 2.54. The number of carbonyl (C=O) groups is 1. The molecule has 2 aromatic rings. The van der Waals surface area contributed by atoms with Gasteiger partial charge in [0.05, 0.1) is 0 Å². The summed E-state index contributed by atoms with van der Waals surface area (Å²) in [5, 5.41) is 9.04. The molecule has 2 aromatic carbocycles. The molecule has 0 aliphatic rings. The minimum Gasteiger partial charge on any atom is -0.457 e. The Morgan fingerprint density at radius 3 is 2.45 bits per heavy atom. The van der Waals surface area contributed by atoms with Crippen LogP contribution < -0.4 is 4.74 Å². The predicted octanol–water partition coefficient (Wildman–Crippen LogP) is 3.61. The van der Waals surface area contributed by atoms with Gasteiger partial charge in [-0.3, -0.25) is 4.79 Å². The van der Waals surface area contributed by atoms with Gasteiger partial charge in [-0.05, 0) is 24.3 Å². The molecule has 0 radical (unpaired) electrons. The smallest absolute Gasteiger partial charge is 0.304 e. The molecule has 0 saturated carbocycles. The van der Waals surface area contributed by atoms with Gasteiger partial charge in [-0.15, -0.1) is 0 Å². The fourth-order valence-corrected chi connectivity index (χ4v) is 1.70. The van der Waals surface area contributed by atoms with E-state index in [0.717, 1.165) is 0 Å². The van der Waals surface area contributed by atoms with E-state index in [2.05, 4.69) is 0 Å². The Balaban J connectivity index is 2.19. The molecular weight excluding hydrogens is 254 g/mol. The molecule has 0 bridgehead atoms. The molecule has 0 spiro atoms. The van der Waals surface area contributed by atoms with Crippen molar-refractivity contribution in [2.24, 2.45) is 0 Å². The third-order valence-corrected chi connectivity index (χ3v) is 2.54. The number of ether oxygens (including phenoxy) is 2. The Hall–Kier alpha value is -2.80. The molecule has 0 N–H and O–H groups in total. The van der Waals surface area contributed by atoms with E-state index in [1.165, 1.54) is 6.92 Å². The second kappa shape index (κ2) is 6.39. The van der Waals surface area contributed by atoms with Crippen LogP contribution in [0, 0.1) is 11.3 Å². The number of esters is 1. The molecule has 1 unspecified atom stereocenters. The van der Waals surface area contributed by atoms with Gasteiger partial charge in [0.25, 0.3) is 0 Å². The molecule has 0 aliphatic carbocycles. The van der Waals surface area contributed by atoms with Crippen molar-refractivity contribution in [3.8, 4) is 17.6 Å². The number of hydrogen-bond donors (Lipinski definition) is 0. The summed E-state index contributed by atoms with van der Waals surface area (Å²) in [6.45, 7) is 1.27. The normalized spacial score (nSPS) is 11.2. The second-order valence-corrected chi connectivity index (χ2v) is 4.11. The number of rotatable bonds is 4. The van der Waals surface area contributed by atoms with Crippen molar-refractivity contribution in [2.45, 2.75) is 13.0 Å². The van der Waals surface area contributed by atoms with E-state index in [4.69, 9.17) is 14.7 Å². The second-order valence-electron chi connectivity index (χ2n) is 4.11. The number of nitrogens with zero attached hydrogens (tertiary/aromatic N) is 1. The highest BCUT2D eigenvalue weighted by molar-refractivity contribution is 5.66. The molecule has 20 heavy (non-hydrogen) atoms. The van der Waals surface area contributed by atoms with Gasteiger partial charge < -0.3 is 9.47 Å². The molecule has 0 fully saturated rings. The van der Waals surface area contributed by atoms with E-state index in [9.17, 15) is 4.79 Å². The molecule has 2 rings (SSSR count). The first kappa shape index (κ1) is 13.6. The summed E-state index contributed by atoms with van der Waals surface area (Å²) < 4.78 is 10.6. The lowest BCUT2D eigenvalue weighted by Gasteiger charge is -2.11. The Kier molecular flexibility index (Phi) is 4.35. The van der Waals surface area contributed by atoms with Crippen LogP contribution in [0.1, 0.15) is 18.6 Å². The van der Waals surface area contributed by atoms with E-state index in [-0.39, 0.29) is 0 Å². The summed E-state index contributed by atoms with van der Waals surface area (Å²) in [5.74, 6) is 0.790. The summed E-state index contributed by atoms with van der Waals surface area (Å²) in [6, 6.07) is 18.2. The van der Waals surface area contributed by atoms with Crippen LogP contribution in [0.15, 0.2) is 54.6 Å². The Labute approximate surface area is 117 Å². The molecule has 1 atom stereocenters. The minimum atomic E-state index is -0.924. The van der Waals surface area contributed by atoms with Crippen LogP contribution in [0.4, 0.5) is 0 Å². The fourth-order valence-electron chi connectivity index (χ4n) is 1.70. The van der Waals surface area contributed by atoms with Gasteiger partial charge in [0.2, 0.25) is 6.10 Å². The lowest BCUT2D eigenvalue weighted by atomic mass is 10.1. The standard InChI is InChI=1S/C16H13NO3/c1-12(18)19-16(11-17)13-6-5-9-15(10-13)20-14-7-3-2-4-8-14/h2-10,16H,1H3. The van der Waals surface area contributed by atoms with E-state index in [1.54, 1.807) is 24.3 Å². The average Bonchev–Trinajstić information content (AvgIpc) is 2.46. The first-order valence-corrected chi connectivity index (χ1v) is 6.09. The molecule has 0 saturated heterocycles. The van der Waals surface area contributed by atoms with Crippen LogP contribution in [0.25, 0.3) is 0 Å². The van der Waals surface area contributed by atoms with Crippen molar-refractivity contribution in [3.63, 3.8) is 0 Å². The van der Waals surface area contributed by atoms with Crippen LogP contribution in [0.2, 0.25) is 0 Å². The maximum atomic E-state index is 11.0. The van der Waals surface area contributed by atoms with Crippen molar-refractivity contribution >= 4 is 5.97 Å². The van der Waals surface area contributed by atoms with Gasteiger partial charge in [-0.25, -0.2) is 0 Å². The van der Waals surface area contributed by atoms with Crippen LogP contribution in [0.3, 0.4) is 0 Å². The van der Waals surface area contributed by atoms with Gasteiger partial charge >= 0.3 is 5.97 Å². The van der Waals surface area contributed by atoms with E-state index in [1.807, 2.05) is 36.4 Å². The summed E-state index contributed by atoms with van der Waals surface area (Å²) in [6.07, 6.45) is -0.924. The van der Waals surface area contributed by atoms with Gasteiger partial charge in [-0.2, -0.15) is 5.26 Å². The molecule has 4 nitrogen and oxygen atoms in total. The minimum absolute atomic E-state index is 0.495. The van der Waals surface area contributed by atoms with Gasteiger partial charge in [-0.1, -0.05) is 30.3 Å². The van der Waals surface area contributed by atoms with Gasteiger partial charge in [0, 0.05) is 12.5 Å². The maximum absolute atomic E-state index is 11.0. The monoisotopic (exact) mass is 267 g/mol. The van der Waals surface area contributed by atoms with E-state index >= 15 is 0 Å². The van der Waals surface area contributed by atoms with Crippen molar-refractivity contribution in [1.29, 1.82) is 5.26 Å². The molecule has 0 aliphatic heterocycles. The van der Waals surface area contributed by atoms with Crippen LogP contribution in [-0.2, 0) is 9.53 Å². The zero-order chi connectivity index (χ0) is 14.4. The van der Waals surface area contributed by atoms with Crippen molar-refractivity contribution in [2.75, 3.05) is 0 Å². The van der Waals surface area contributed by atoms with Crippen LogP contribution >= 0.6 is 0 Å². The summed E-state index contributed by atoms with van der Waals surface area (Å²) in [4.78, 5) is 11.0. The highest BCUT2D eigenvalue weighted by Crippen LogP contribution is 2.25. The number of benzene rings is 2. The molecule has 0 aromatic heterocycles. The SMILES string of the molecule is CC(=O)OC(C#N)c1cccc(Oc2ccccc2)c1. The summed E-state index contributed by atoms with van der Waals surface area (Å²) >= 11 is 0. The Morgan fingerprint density at radius 1 is 1.10 bits per heavy atom. The zero-order valence-electron chi connectivity index (χ0n) is 10.9. The van der Waals surface area contributed by atoms with Crippen molar-refractivity contribution in [3.05, 3.63) is 60.2 Å². The van der Waals surface area contributed by atoms with Crippen molar-refractivity contribution in [1.82, 2.24) is 0 Å². The summed E-state index contributed by atoms with van der Waals surface area (Å²) in [7, 11) is 0. The quantitative estimate of drug-likeness (QED) is 0.794. The predicted molar refractivity (Wildman–Crippen MR) is 73.1 cm³/mol. The first-order valence-electron chi connectivity index (χ1n) is 6.09. The van der Waals surface area contributed by atoms with Crippen LogP contribution in [-0.4, -0.2) is 5.97 Å². The fraction of sp³-hybridized carbons (Fsp3) is 0.125. The first-order chi connectivity index (χ1) is 9.69. The molecule has 0 amide bonds. The Morgan fingerprint density at radius 2 is 1.80 bits per heavy atom.